The van der Waals surface area contributed by atoms with Gasteiger partial charge in [-0.2, -0.15) is 0 Å². The third kappa shape index (κ3) is 5.26. The number of hydrazine groups is 1. The molecule has 1 aromatic heterocycles. The fourth-order valence-electron chi connectivity index (χ4n) is 3.14. The molecule has 0 spiro atoms. The predicted molar refractivity (Wildman–Crippen MR) is 106 cm³/mol. The summed E-state index contributed by atoms with van der Waals surface area (Å²) in [5.74, 6) is -0.758. The van der Waals surface area contributed by atoms with Gasteiger partial charge in [-0.15, -0.1) is 11.3 Å². The van der Waals surface area contributed by atoms with E-state index in [2.05, 4.69) is 10.9 Å². The zero-order valence-corrected chi connectivity index (χ0v) is 16.3. The van der Waals surface area contributed by atoms with E-state index in [1.807, 2.05) is 25.1 Å². The summed E-state index contributed by atoms with van der Waals surface area (Å²) in [6.07, 6.45) is 5.76. The average Bonchev–Trinajstić information content (AvgIpc) is 2.95. The van der Waals surface area contributed by atoms with Crippen LogP contribution in [0.15, 0.2) is 30.3 Å². The zero-order chi connectivity index (χ0) is 19.2. The minimum absolute atomic E-state index is 0.0356. The van der Waals surface area contributed by atoms with E-state index in [-0.39, 0.29) is 30.4 Å². The van der Waals surface area contributed by atoms with Crippen molar-refractivity contribution in [2.24, 2.45) is 0 Å². The largest absolute Gasteiger partial charge is 0.294 e. The number of hydrogen-bond donors (Lipinski definition) is 2. The van der Waals surface area contributed by atoms with Gasteiger partial charge >= 0.3 is 0 Å². The van der Waals surface area contributed by atoms with E-state index in [1.165, 1.54) is 34.6 Å². The normalized spacial score (nSPS) is 13.4. The Morgan fingerprint density at radius 2 is 1.70 bits per heavy atom. The van der Waals surface area contributed by atoms with Crippen LogP contribution in [0.1, 0.15) is 68.1 Å². The molecule has 2 amide bonds. The van der Waals surface area contributed by atoms with Crippen molar-refractivity contribution in [1.82, 2.24) is 10.9 Å². The van der Waals surface area contributed by atoms with E-state index in [4.69, 9.17) is 0 Å². The standard InChI is InChI=1S/C21H24N2O3S/c1-14-7-9-15(10-8-14)17(24)11-12-20(25)22-23-21(26)19-13-16-5-3-2-4-6-18(16)27-19/h7-10,13H,2-6,11-12H2,1H3,(H,22,25)(H,23,26). The number of thiophene rings is 1. The van der Waals surface area contributed by atoms with Crippen LogP contribution in [-0.2, 0) is 17.6 Å². The number of rotatable bonds is 5. The summed E-state index contributed by atoms with van der Waals surface area (Å²) >= 11 is 1.51. The van der Waals surface area contributed by atoms with Crippen molar-refractivity contribution in [1.29, 1.82) is 0 Å². The van der Waals surface area contributed by atoms with E-state index in [0.717, 1.165) is 24.8 Å². The van der Waals surface area contributed by atoms with Gasteiger partial charge in [0, 0.05) is 23.3 Å². The van der Waals surface area contributed by atoms with Crippen LogP contribution in [0.25, 0.3) is 0 Å². The second-order valence-electron chi connectivity index (χ2n) is 6.91. The molecular formula is C21H24N2O3S. The number of amides is 2. The van der Waals surface area contributed by atoms with Gasteiger partial charge in [0.25, 0.3) is 5.91 Å². The van der Waals surface area contributed by atoms with Crippen LogP contribution in [0.5, 0.6) is 0 Å². The second-order valence-corrected chi connectivity index (χ2v) is 8.05. The summed E-state index contributed by atoms with van der Waals surface area (Å²) in [7, 11) is 0. The molecule has 0 saturated heterocycles. The van der Waals surface area contributed by atoms with Crippen LogP contribution in [-0.4, -0.2) is 17.6 Å². The van der Waals surface area contributed by atoms with Crippen LogP contribution in [0.3, 0.4) is 0 Å². The minimum Gasteiger partial charge on any atom is -0.294 e. The molecule has 3 rings (SSSR count). The summed E-state index contributed by atoms with van der Waals surface area (Å²) in [6.45, 7) is 1.95. The molecule has 142 valence electrons. The number of benzene rings is 1. The Balaban J connectivity index is 1.45. The smallest absolute Gasteiger partial charge is 0.279 e. The molecule has 1 aliphatic carbocycles. The average molecular weight is 385 g/mol. The van der Waals surface area contributed by atoms with Crippen molar-refractivity contribution in [2.45, 2.75) is 51.9 Å². The van der Waals surface area contributed by atoms with E-state index in [9.17, 15) is 14.4 Å². The number of aryl methyl sites for hydroxylation is 3. The molecule has 6 heteroatoms. The predicted octanol–water partition coefficient (Wildman–Crippen LogP) is 3.75. The third-order valence-electron chi connectivity index (χ3n) is 4.74. The first-order valence-corrected chi connectivity index (χ1v) is 10.2. The molecule has 0 bridgehead atoms. The van der Waals surface area contributed by atoms with Crippen LogP contribution in [0.4, 0.5) is 0 Å². The Kier molecular flexibility index (Phi) is 6.40. The Labute approximate surface area is 163 Å². The molecule has 0 saturated carbocycles. The molecule has 5 nitrogen and oxygen atoms in total. The van der Waals surface area contributed by atoms with Crippen molar-refractivity contribution in [3.63, 3.8) is 0 Å². The number of carbonyl (C=O) groups excluding carboxylic acids is 3. The fourth-order valence-corrected chi connectivity index (χ4v) is 4.29. The van der Waals surface area contributed by atoms with Gasteiger partial charge in [-0.3, -0.25) is 25.2 Å². The van der Waals surface area contributed by atoms with E-state index >= 15 is 0 Å². The first-order valence-electron chi connectivity index (χ1n) is 9.33. The van der Waals surface area contributed by atoms with Crippen molar-refractivity contribution >= 4 is 28.9 Å². The summed E-state index contributed by atoms with van der Waals surface area (Å²) in [5, 5.41) is 0. The second kappa shape index (κ2) is 8.95. The third-order valence-corrected chi connectivity index (χ3v) is 5.97. The highest BCUT2D eigenvalue weighted by atomic mass is 32.1. The van der Waals surface area contributed by atoms with E-state index in [1.54, 1.807) is 12.1 Å². The number of ketones is 1. The lowest BCUT2D eigenvalue weighted by Crippen LogP contribution is -2.41. The molecule has 1 heterocycles. The summed E-state index contributed by atoms with van der Waals surface area (Å²) in [5.41, 5.74) is 7.80. The number of hydrogen-bond acceptors (Lipinski definition) is 4. The maximum atomic E-state index is 12.3. The fraction of sp³-hybridized carbons (Fsp3) is 0.381. The van der Waals surface area contributed by atoms with Crippen LogP contribution in [0, 0.1) is 6.92 Å². The van der Waals surface area contributed by atoms with Crippen LogP contribution >= 0.6 is 11.3 Å². The molecule has 2 N–H and O–H groups in total. The highest BCUT2D eigenvalue weighted by Crippen LogP contribution is 2.28. The van der Waals surface area contributed by atoms with Gasteiger partial charge < -0.3 is 0 Å². The quantitative estimate of drug-likeness (QED) is 0.468. The van der Waals surface area contributed by atoms with E-state index in [0.29, 0.717) is 10.4 Å². The Morgan fingerprint density at radius 1 is 0.963 bits per heavy atom. The maximum Gasteiger partial charge on any atom is 0.279 e. The topological polar surface area (TPSA) is 75.3 Å². The molecule has 0 radical (unpaired) electrons. The van der Waals surface area contributed by atoms with Crippen molar-refractivity contribution in [3.05, 3.63) is 56.8 Å². The Morgan fingerprint density at radius 3 is 2.48 bits per heavy atom. The lowest BCUT2D eigenvalue weighted by molar-refractivity contribution is -0.121. The molecule has 0 fully saturated rings. The van der Waals surface area contributed by atoms with E-state index < -0.39 is 0 Å². The molecule has 0 aliphatic heterocycles. The molecular weight excluding hydrogens is 360 g/mol. The van der Waals surface area contributed by atoms with Crippen LogP contribution in [0.2, 0.25) is 0 Å². The molecule has 27 heavy (non-hydrogen) atoms. The zero-order valence-electron chi connectivity index (χ0n) is 15.5. The first-order chi connectivity index (χ1) is 13.0. The molecule has 0 atom stereocenters. The van der Waals surface area contributed by atoms with Gasteiger partial charge in [-0.05, 0) is 44.2 Å². The summed E-state index contributed by atoms with van der Waals surface area (Å²) in [6, 6.07) is 9.20. The van der Waals surface area contributed by atoms with Gasteiger partial charge in [0.2, 0.25) is 5.91 Å². The highest BCUT2D eigenvalue weighted by Gasteiger charge is 2.17. The Hall–Kier alpha value is -2.47. The number of fused-ring (bicyclic) bond motifs is 1. The van der Waals surface area contributed by atoms with Gasteiger partial charge in [0.1, 0.15) is 0 Å². The SMILES string of the molecule is Cc1ccc(C(=O)CCC(=O)NNC(=O)c2cc3c(s2)CCCCC3)cc1. The molecule has 1 aromatic carbocycles. The van der Waals surface area contributed by atoms with Gasteiger partial charge in [-0.25, -0.2) is 0 Å². The minimum atomic E-state index is -0.373. The van der Waals surface area contributed by atoms with Crippen molar-refractivity contribution in [2.75, 3.05) is 0 Å². The molecule has 1 aliphatic rings. The highest BCUT2D eigenvalue weighted by molar-refractivity contribution is 7.14. The molecule has 2 aromatic rings. The summed E-state index contributed by atoms with van der Waals surface area (Å²) < 4.78 is 0. The number of nitrogens with one attached hydrogen (secondary N) is 2. The molecule has 0 unspecified atom stereocenters. The Bertz CT molecular complexity index is 816. The maximum absolute atomic E-state index is 12.3. The number of carbonyl (C=O) groups is 3. The first kappa shape index (κ1) is 19.3. The monoisotopic (exact) mass is 384 g/mol. The van der Waals surface area contributed by atoms with Crippen LogP contribution < -0.4 is 10.9 Å². The van der Waals surface area contributed by atoms with Crippen molar-refractivity contribution < 1.29 is 14.4 Å². The van der Waals surface area contributed by atoms with Gasteiger partial charge in [0.05, 0.1) is 4.88 Å². The van der Waals surface area contributed by atoms with Gasteiger partial charge in [0.15, 0.2) is 5.78 Å². The van der Waals surface area contributed by atoms with Crippen molar-refractivity contribution in [3.8, 4) is 0 Å². The number of Topliss-reactive ketones (excluding diaryl/α,β-unsaturated/α-hetero) is 1. The van der Waals surface area contributed by atoms with Gasteiger partial charge in [-0.1, -0.05) is 36.2 Å². The summed E-state index contributed by atoms with van der Waals surface area (Å²) in [4.78, 5) is 38.2. The lowest BCUT2D eigenvalue weighted by atomic mass is 10.1. The lowest BCUT2D eigenvalue weighted by Gasteiger charge is -2.06.